The minimum Gasteiger partial charge on any atom is -0.352 e. The molecular weight excluding hydrogens is 396 g/mol. The Kier molecular flexibility index (Phi) is 6.56. The number of hydrogen-bond donors (Lipinski definition) is 2. The van der Waals surface area contributed by atoms with E-state index in [1.54, 1.807) is 22.0 Å². The summed E-state index contributed by atoms with van der Waals surface area (Å²) >= 11 is 2.78. The van der Waals surface area contributed by atoms with Gasteiger partial charge in [-0.1, -0.05) is 17.8 Å². The summed E-state index contributed by atoms with van der Waals surface area (Å²) in [6, 6.07) is 0.0236. The SMILES string of the molecule is C=CCn1c(SCC(=O)NCC(=O)NC(C)C)nc2sc3c(c2c1=O)CCC3. The molecule has 9 heteroatoms. The topological polar surface area (TPSA) is 93.1 Å². The van der Waals surface area contributed by atoms with E-state index in [1.165, 1.54) is 16.6 Å². The second kappa shape index (κ2) is 8.91. The fourth-order valence-electron chi connectivity index (χ4n) is 3.19. The van der Waals surface area contributed by atoms with Gasteiger partial charge in [0.1, 0.15) is 4.83 Å². The van der Waals surface area contributed by atoms with E-state index in [0.717, 1.165) is 35.0 Å². The number of carbonyl (C=O) groups is 2. The fraction of sp³-hybridized carbons (Fsp3) is 0.474. The molecule has 0 bridgehead atoms. The van der Waals surface area contributed by atoms with Crippen LogP contribution in [0.4, 0.5) is 0 Å². The summed E-state index contributed by atoms with van der Waals surface area (Å²) in [7, 11) is 0. The summed E-state index contributed by atoms with van der Waals surface area (Å²) in [5, 5.41) is 6.52. The number of thiophene rings is 1. The van der Waals surface area contributed by atoms with Crippen LogP contribution in [0.25, 0.3) is 10.2 Å². The number of aryl methyl sites for hydroxylation is 2. The molecule has 3 rings (SSSR count). The van der Waals surface area contributed by atoms with Crippen molar-refractivity contribution in [1.29, 1.82) is 0 Å². The standard InChI is InChI=1S/C19H24N4O3S2/c1-4-8-23-18(26)16-12-6-5-7-13(12)28-17(16)22-19(23)27-10-15(25)20-9-14(24)21-11(2)3/h4,11H,1,5-10H2,2-3H3,(H,20,25)(H,21,24). The summed E-state index contributed by atoms with van der Waals surface area (Å²) in [4.78, 5) is 43.4. The van der Waals surface area contributed by atoms with Gasteiger partial charge in [-0.05, 0) is 38.7 Å². The molecule has 0 unspecified atom stereocenters. The number of aromatic nitrogens is 2. The van der Waals surface area contributed by atoms with Crippen molar-refractivity contribution < 1.29 is 9.59 Å². The van der Waals surface area contributed by atoms with Crippen LogP contribution in [0.2, 0.25) is 0 Å². The number of nitrogens with one attached hydrogen (secondary N) is 2. The van der Waals surface area contributed by atoms with E-state index >= 15 is 0 Å². The zero-order valence-corrected chi connectivity index (χ0v) is 17.7. The first kappa shape index (κ1) is 20.6. The van der Waals surface area contributed by atoms with Crippen LogP contribution in [0.1, 0.15) is 30.7 Å². The lowest BCUT2D eigenvalue weighted by molar-refractivity contribution is -0.125. The van der Waals surface area contributed by atoms with Crippen molar-refractivity contribution in [3.8, 4) is 0 Å². The zero-order chi connectivity index (χ0) is 20.3. The Morgan fingerprint density at radius 1 is 1.36 bits per heavy atom. The number of fused-ring (bicyclic) bond motifs is 3. The second-order valence-corrected chi connectivity index (χ2v) is 8.95. The predicted octanol–water partition coefficient (Wildman–Crippen LogP) is 1.87. The molecular formula is C19H24N4O3S2. The van der Waals surface area contributed by atoms with Gasteiger partial charge in [-0.3, -0.25) is 19.0 Å². The third-order valence-corrected chi connectivity index (χ3v) is 6.49. The van der Waals surface area contributed by atoms with Crippen LogP contribution in [0, 0.1) is 0 Å². The van der Waals surface area contributed by atoms with Crippen molar-refractivity contribution >= 4 is 45.1 Å². The monoisotopic (exact) mass is 420 g/mol. The normalized spacial score (nSPS) is 13.0. The van der Waals surface area contributed by atoms with Crippen LogP contribution in [-0.4, -0.2) is 39.7 Å². The van der Waals surface area contributed by atoms with Gasteiger partial charge in [0.25, 0.3) is 5.56 Å². The molecule has 28 heavy (non-hydrogen) atoms. The summed E-state index contributed by atoms with van der Waals surface area (Å²) < 4.78 is 1.57. The molecule has 0 saturated carbocycles. The highest BCUT2D eigenvalue weighted by Gasteiger charge is 2.23. The fourth-order valence-corrected chi connectivity index (χ4v) is 5.33. The van der Waals surface area contributed by atoms with E-state index in [9.17, 15) is 14.4 Å². The number of carbonyl (C=O) groups excluding carboxylic acids is 2. The molecule has 0 aliphatic heterocycles. The highest BCUT2D eigenvalue weighted by molar-refractivity contribution is 7.99. The Bertz CT molecular complexity index is 978. The Morgan fingerprint density at radius 3 is 2.86 bits per heavy atom. The maximum atomic E-state index is 13.0. The summed E-state index contributed by atoms with van der Waals surface area (Å²) in [6.45, 7) is 7.72. The van der Waals surface area contributed by atoms with Crippen LogP contribution in [0.5, 0.6) is 0 Å². The maximum absolute atomic E-state index is 13.0. The molecule has 150 valence electrons. The third-order valence-electron chi connectivity index (χ3n) is 4.33. The largest absolute Gasteiger partial charge is 0.352 e. The van der Waals surface area contributed by atoms with Crippen LogP contribution in [0.3, 0.4) is 0 Å². The Labute approximate surface area is 171 Å². The summed E-state index contributed by atoms with van der Waals surface area (Å²) in [6.07, 6.45) is 4.66. The maximum Gasteiger partial charge on any atom is 0.263 e. The van der Waals surface area contributed by atoms with Crippen molar-refractivity contribution in [2.45, 2.75) is 50.9 Å². The van der Waals surface area contributed by atoms with E-state index in [0.29, 0.717) is 11.7 Å². The summed E-state index contributed by atoms with van der Waals surface area (Å²) in [5.41, 5.74) is 1.07. The van der Waals surface area contributed by atoms with Crippen LogP contribution < -0.4 is 16.2 Å². The number of hydrogen-bond acceptors (Lipinski definition) is 6. The van der Waals surface area contributed by atoms with Gasteiger partial charge >= 0.3 is 0 Å². The van der Waals surface area contributed by atoms with Gasteiger partial charge in [-0.2, -0.15) is 0 Å². The molecule has 2 aromatic rings. The van der Waals surface area contributed by atoms with Gasteiger partial charge < -0.3 is 10.6 Å². The molecule has 1 aliphatic rings. The lowest BCUT2D eigenvalue weighted by Crippen LogP contribution is -2.40. The molecule has 0 fully saturated rings. The third kappa shape index (κ3) is 4.47. The second-order valence-electron chi connectivity index (χ2n) is 6.92. The van der Waals surface area contributed by atoms with Crippen molar-refractivity contribution in [1.82, 2.24) is 20.2 Å². The van der Waals surface area contributed by atoms with E-state index < -0.39 is 0 Å². The van der Waals surface area contributed by atoms with E-state index in [2.05, 4.69) is 22.2 Å². The van der Waals surface area contributed by atoms with Crippen LogP contribution in [-0.2, 0) is 29.0 Å². The highest BCUT2D eigenvalue weighted by Crippen LogP contribution is 2.35. The first-order chi connectivity index (χ1) is 13.4. The molecule has 2 N–H and O–H groups in total. The molecule has 2 amide bonds. The van der Waals surface area contributed by atoms with Gasteiger partial charge in [-0.15, -0.1) is 17.9 Å². The summed E-state index contributed by atoms with van der Waals surface area (Å²) in [5.74, 6) is -0.434. The highest BCUT2D eigenvalue weighted by atomic mass is 32.2. The number of thioether (sulfide) groups is 1. The van der Waals surface area contributed by atoms with Gasteiger partial charge in [0.15, 0.2) is 5.16 Å². The van der Waals surface area contributed by atoms with E-state index in [1.807, 2.05) is 13.8 Å². The van der Waals surface area contributed by atoms with Crippen molar-refractivity contribution in [3.63, 3.8) is 0 Å². The van der Waals surface area contributed by atoms with E-state index in [4.69, 9.17) is 0 Å². The average Bonchev–Trinajstić information content (AvgIpc) is 3.21. The molecule has 0 radical (unpaired) electrons. The average molecular weight is 421 g/mol. The molecule has 0 spiro atoms. The Balaban J connectivity index is 1.74. The lowest BCUT2D eigenvalue weighted by Gasteiger charge is -2.11. The van der Waals surface area contributed by atoms with Crippen molar-refractivity contribution in [2.75, 3.05) is 12.3 Å². The van der Waals surface area contributed by atoms with Crippen molar-refractivity contribution in [2.24, 2.45) is 0 Å². The molecule has 0 atom stereocenters. The van der Waals surface area contributed by atoms with Gasteiger partial charge in [-0.25, -0.2) is 4.98 Å². The van der Waals surface area contributed by atoms with Gasteiger partial charge in [0.05, 0.1) is 17.7 Å². The molecule has 2 aromatic heterocycles. The molecule has 1 aliphatic carbocycles. The lowest BCUT2D eigenvalue weighted by atomic mass is 10.2. The number of amides is 2. The number of nitrogens with zero attached hydrogens (tertiary/aromatic N) is 2. The van der Waals surface area contributed by atoms with Crippen LogP contribution >= 0.6 is 23.1 Å². The molecule has 7 nitrogen and oxygen atoms in total. The molecule has 2 heterocycles. The molecule has 0 saturated heterocycles. The van der Waals surface area contributed by atoms with Gasteiger partial charge in [0, 0.05) is 17.5 Å². The smallest absolute Gasteiger partial charge is 0.263 e. The van der Waals surface area contributed by atoms with E-state index in [-0.39, 0.29) is 35.7 Å². The van der Waals surface area contributed by atoms with Gasteiger partial charge in [0.2, 0.25) is 11.8 Å². The molecule has 0 aromatic carbocycles. The predicted molar refractivity (Wildman–Crippen MR) is 113 cm³/mol. The first-order valence-electron chi connectivity index (χ1n) is 9.25. The minimum absolute atomic E-state index is 0.0236. The quantitative estimate of drug-likeness (QED) is 0.386. The van der Waals surface area contributed by atoms with Crippen LogP contribution in [0.15, 0.2) is 22.6 Å². The number of allylic oxidation sites excluding steroid dienone is 1. The Morgan fingerprint density at radius 2 is 2.14 bits per heavy atom. The number of rotatable bonds is 8. The Hall–Kier alpha value is -2.13. The minimum atomic E-state index is -0.280. The first-order valence-corrected chi connectivity index (χ1v) is 11.1. The zero-order valence-electron chi connectivity index (χ0n) is 16.0. The van der Waals surface area contributed by atoms with Crippen molar-refractivity contribution in [3.05, 3.63) is 33.4 Å².